The number of hydrazine groups is 1. The number of anilines is 1. The van der Waals surface area contributed by atoms with Gasteiger partial charge in [0.15, 0.2) is 5.11 Å². The quantitative estimate of drug-likeness (QED) is 0.401. The monoisotopic (exact) mass is 426 g/mol. The van der Waals surface area contributed by atoms with Gasteiger partial charge in [-0.15, -0.1) is 0 Å². The third kappa shape index (κ3) is 6.29. The highest BCUT2D eigenvalue weighted by atomic mass is 32.1. The highest BCUT2D eigenvalue weighted by Crippen LogP contribution is 2.20. The minimum atomic E-state index is -0.692. The van der Waals surface area contributed by atoms with Crippen molar-refractivity contribution < 1.29 is 9.59 Å². The lowest BCUT2D eigenvalue weighted by molar-refractivity contribution is -0.124. The van der Waals surface area contributed by atoms with Gasteiger partial charge in [0, 0.05) is 11.3 Å². The average molecular weight is 427 g/mol. The van der Waals surface area contributed by atoms with Crippen molar-refractivity contribution in [2.45, 2.75) is 46.6 Å². The first-order valence-electron chi connectivity index (χ1n) is 10.2. The summed E-state index contributed by atoms with van der Waals surface area (Å²) in [5, 5.41) is 6.26. The van der Waals surface area contributed by atoms with Gasteiger partial charge in [0.05, 0.1) is 0 Å². The molecule has 4 N–H and O–H groups in total. The van der Waals surface area contributed by atoms with Crippen molar-refractivity contribution in [3.63, 3.8) is 0 Å². The molecular weight excluding hydrogens is 396 g/mol. The van der Waals surface area contributed by atoms with Crippen LogP contribution in [0.25, 0.3) is 0 Å². The van der Waals surface area contributed by atoms with Gasteiger partial charge in [-0.3, -0.25) is 20.4 Å². The van der Waals surface area contributed by atoms with E-state index in [0.29, 0.717) is 5.56 Å². The fourth-order valence-electron chi connectivity index (χ4n) is 3.06. The SMILES string of the molecule is CCc1cccc(C)c1NC(=S)NNC(=O)[C@@H](NC(=O)c1ccccc1)[C@@H](C)CC. The summed E-state index contributed by atoms with van der Waals surface area (Å²) in [5.41, 5.74) is 9.02. The fraction of sp³-hybridized carbons (Fsp3) is 0.348. The number of rotatable bonds is 7. The molecule has 0 aliphatic heterocycles. The van der Waals surface area contributed by atoms with Crippen LogP contribution in [0.2, 0.25) is 0 Å². The number of carbonyl (C=O) groups excluding carboxylic acids is 2. The molecule has 0 aromatic heterocycles. The molecule has 0 saturated heterocycles. The molecule has 0 saturated carbocycles. The average Bonchev–Trinajstić information content (AvgIpc) is 2.77. The zero-order chi connectivity index (χ0) is 22.1. The Balaban J connectivity index is 2.00. The fourth-order valence-corrected chi connectivity index (χ4v) is 3.21. The second kappa shape index (κ2) is 11.3. The molecule has 0 spiro atoms. The van der Waals surface area contributed by atoms with Crippen LogP contribution in [0.5, 0.6) is 0 Å². The van der Waals surface area contributed by atoms with E-state index in [1.165, 1.54) is 0 Å². The molecule has 0 unspecified atom stereocenters. The zero-order valence-corrected chi connectivity index (χ0v) is 18.7. The molecule has 30 heavy (non-hydrogen) atoms. The van der Waals surface area contributed by atoms with E-state index in [-0.39, 0.29) is 22.8 Å². The van der Waals surface area contributed by atoms with Crippen LogP contribution in [0.3, 0.4) is 0 Å². The maximum absolute atomic E-state index is 12.8. The summed E-state index contributed by atoms with van der Waals surface area (Å²) >= 11 is 5.34. The van der Waals surface area contributed by atoms with Crippen LogP contribution in [-0.2, 0) is 11.2 Å². The van der Waals surface area contributed by atoms with Crippen LogP contribution >= 0.6 is 12.2 Å². The third-order valence-electron chi connectivity index (χ3n) is 5.10. The number of hydrogen-bond acceptors (Lipinski definition) is 3. The van der Waals surface area contributed by atoms with Gasteiger partial charge in [-0.05, 0) is 54.7 Å². The van der Waals surface area contributed by atoms with Gasteiger partial charge < -0.3 is 10.6 Å². The molecule has 2 rings (SSSR count). The molecule has 0 bridgehead atoms. The summed E-state index contributed by atoms with van der Waals surface area (Å²) in [5.74, 6) is -0.688. The Morgan fingerprint density at radius 1 is 1.00 bits per heavy atom. The third-order valence-corrected chi connectivity index (χ3v) is 5.30. The van der Waals surface area contributed by atoms with E-state index >= 15 is 0 Å². The van der Waals surface area contributed by atoms with Gasteiger partial charge in [-0.1, -0.05) is 63.6 Å². The predicted octanol–water partition coefficient (Wildman–Crippen LogP) is 3.72. The summed E-state index contributed by atoms with van der Waals surface area (Å²) in [6, 6.07) is 14.2. The molecule has 0 fully saturated rings. The Labute approximate surface area is 183 Å². The summed E-state index contributed by atoms with van der Waals surface area (Å²) in [6.45, 7) is 7.97. The molecule has 0 radical (unpaired) electrons. The topological polar surface area (TPSA) is 82.3 Å². The second-order valence-electron chi connectivity index (χ2n) is 7.23. The molecule has 7 heteroatoms. The summed E-state index contributed by atoms with van der Waals surface area (Å²) in [7, 11) is 0. The first-order chi connectivity index (χ1) is 14.4. The van der Waals surface area contributed by atoms with E-state index in [9.17, 15) is 9.59 Å². The zero-order valence-electron chi connectivity index (χ0n) is 17.9. The van der Waals surface area contributed by atoms with Crippen molar-refractivity contribution in [2.24, 2.45) is 5.92 Å². The lowest BCUT2D eigenvalue weighted by Crippen LogP contribution is -2.55. The van der Waals surface area contributed by atoms with E-state index in [1.54, 1.807) is 24.3 Å². The largest absolute Gasteiger partial charge is 0.340 e. The Hall–Kier alpha value is -2.93. The van der Waals surface area contributed by atoms with Gasteiger partial charge in [0.1, 0.15) is 6.04 Å². The first kappa shape index (κ1) is 23.3. The van der Waals surface area contributed by atoms with E-state index < -0.39 is 6.04 Å². The number of amides is 2. The Bertz CT molecular complexity index is 886. The van der Waals surface area contributed by atoms with Crippen molar-refractivity contribution in [1.29, 1.82) is 0 Å². The highest BCUT2D eigenvalue weighted by molar-refractivity contribution is 7.80. The standard InChI is InChI=1S/C23H30N4O2S/c1-5-15(3)20(24-21(28)18-12-8-7-9-13-18)22(29)26-27-23(30)25-19-16(4)11-10-14-17(19)6-2/h7-15,20H,5-6H2,1-4H3,(H,24,28)(H,26,29)(H2,25,27,30)/t15-,20-/m0/s1. The number of para-hydroxylation sites is 1. The number of carbonyl (C=O) groups is 2. The van der Waals surface area contributed by atoms with Crippen LogP contribution in [0.15, 0.2) is 48.5 Å². The van der Waals surface area contributed by atoms with Gasteiger partial charge >= 0.3 is 0 Å². The number of nitrogens with one attached hydrogen (secondary N) is 4. The maximum Gasteiger partial charge on any atom is 0.261 e. The van der Waals surface area contributed by atoms with Crippen molar-refractivity contribution in [1.82, 2.24) is 16.2 Å². The Morgan fingerprint density at radius 3 is 2.33 bits per heavy atom. The van der Waals surface area contributed by atoms with Gasteiger partial charge in [-0.2, -0.15) is 0 Å². The van der Waals surface area contributed by atoms with Crippen LogP contribution < -0.4 is 21.5 Å². The number of benzene rings is 2. The van der Waals surface area contributed by atoms with Crippen molar-refractivity contribution in [3.05, 3.63) is 65.2 Å². The predicted molar refractivity (Wildman–Crippen MR) is 125 cm³/mol. The lowest BCUT2D eigenvalue weighted by Gasteiger charge is -2.24. The van der Waals surface area contributed by atoms with Crippen LogP contribution in [0.4, 0.5) is 5.69 Å². The minimum Gasteiger partial charge on any atom is -0.340 e. The van der Waals surface area contributed by atoms with Crippen LogP contribution in [0, 0.1) is 12.8 Å². The number of aryl methyl sites for hydroxylation is 2. The van der Waals surface area contributed by atoms with E-state index in [4.69, 9.17) is 12.2 Å². The lowest BCUT2D eigenvalue weighted by atomic mass is 9.98. The van der Waals surface area contributed by atoms with Crippen LogP contribution in [0.1, 0.15) is 48.7 Å². The Morgan fingerprint density at radius 2 is 1.70 bits per heavy atom. The maximum atomic E-state index is 12.8. The molecule has 6 nitrogen and oxygen atoms in total. The molecule has 0 aliphatic rings. The van der Waals surface area contributed by atoms with Crippen LogP contribution in [-0.4, -0.2) is 23.0 Å². The second-order valence-corrected chi connectivity index (χ2v) is 7.64. The summed E-state index contributed by atoms with van der Waals surface area (Å²) in [6.07, 6.45) is 1.60. The molecule has 2 amide bonds. The van der Waals surface area contributed by atoms with Crippen molar-refractivity contribution in [2.75, 3.05) is 5.32 Å². The molecule has 2 aromatic rings. The van der Waals surface area contributed by atoms with E-state index in [1.807, 2.05) is 45.0 Å². The normalized spacial score (nSPS) is 12.4. The number of thiocarbonyl (C=S) groups is 1. The molecular formula is C23H30N4O2S. The summed E-state index contributed by atoms with van der Waals surface area (Å²) in [4.78, 5) is 25.3. The van der Waals surface area contributed by atoms with E-state index in [0.717, 1.165) is 29.7 Å². The minimum absolute atomic E-state index is 0.0518. The highest BCUT2D eigenvalue weighted by Gasteiger charge is 2.26. The Kier molecular flexibility index (Phi) is 8.80. The molecule has 0 heterocycles. The summed E-state index contributed by atoms with van der Waals surface area (Å²) < 4.78 is 0. The van der Waals surface area contributed by atoms with Gasteiger partial charge in [0.2, 0.25) is 0 Å². The van der Waals surface area contributed by atoms with E-state index in [2.05, 4.69) is 28.4 Å². The van der Waals surface area contributed by atoms with Gasteiger partial charge in [-0.25, -0.2) is 0 Å². The van der Waals surface area contributed by atoms with Gasteiger partial charge in [0.25, 0.3) is 11.8 Å². The smallest absolute Gasteiger partial charge is 0.261 e. The molecule has 2 atom stereocenters. The molecule has 160 valence electrons. The van der Waals surface area contributed by atoms with Crippen molar-refractivity contribution >= 4 is 34.8 Å². The van der Waals surface area contributed by atoms with Crippen molar-refractivity contribution in [3.8, 4) is 0 Å². The molecule has 0 aliphatic carbocycles. The number of hydrogen-bond donors (Lipinski definition) is 4. The first-order valence-corrected chi connectivity index (χ1v) is 10.6. The molecule has 2 aromatic carbocycles.